The van der Waals surface area contributed by atoms with E-state index in [9.17, 15) is 0 Å². The van der Waals surface area contributed by atoms with Gasteiger partial charge in [0.05, 0.1) is 13.2 Å². The number of hydrogen-bond acceptors (Lipinski definition) is 3. The average Bonchev–Trinajstić information content (AvgIpc) is 2.47. The standard InChI is InChI=1S/C16H28N2O/c1-6-16(4,18(7-2)8-3)15(17)13-11-9-10-12-14(13)19-5/h9-12,15H,6-8,17H2,1-5H3. The van der Waals surface area contributed by atoms with Crippen molar-refractivity contribution in [3.05, 3.63) is 29.8 Å². The van der Waals surface area contributed by atoms with Crippen LogP contribution >= 0.6 is 0 Å². The molecule has 0 aliphatic carbocycles. The highest BCUT2D eigenvalue weighted by Gasteiger charge is 2.36. The molecule has 108 valence electrons. The van der Waals surface area contributed by atoms with Crippen molar-refractivity contribution in [3.63, 3.8) is 0 Å². The Kier molecular flexibility index (Phi) is 5.83. The first-order chi connectivity index (χ1) is 9.04. The molecule has 0 heterocycles. The summed E-state index contributed by atoms with van der Waals surface area (Å²) in [7, 11) is 1.70. The minimum Gasteiger partial charge on any atom is -0.496 e. The molecule has 2 unspecified atom stereocenters. The molecule has 0 bridgehead atoms. The highest BCUT2D eigenvalue weighted by Crippen LogP contribution is 2.36. The zero-order valence-electron chi connectivity index (χ0n) is 12.9. The van der Waals surface area contributed by atoms with Crippen molar-refractivity contribution in [1.29, 1.82) is 0 Å². The van der Waals surface area contributed by atoms with E-state index in [-0.39, 0.29) is 11.6 Å². The van der Waals surface area contributed by atoms with Crippen LogP contribution in [0.4, 0.5) is 0 Å². The summed E-state index contributed by atoms with van der Waals surface area (Å²) in [5, 5.41) is 0. The van der Waals surface area contributed by atoms with E-state index in [1.165, 1.54) is 0 Å². The lowest BCUT2D eigenvalue weighted by Gasteiger charge is -2.44. The number of nitrogens with two attached hydrogens (primary N) is 1. The van der Waals surface area contributed by atoms with Gasteiger partial charge >= 0.3 is 0 Å². The molecule has 0 spiro atoms. The zero-order valence-corrected chi connectivity index (χ0v) is 12.9. The van der Waals surface area contributed by atoms with Crippen LogP contribution < -0.4 is 10.5 Å². The molecular weight excluding hydrogens is 236 g/mol. The Balaban J connectivity index is 3.17. The highest BCUT2D eigenvalue weighted by atomic mass is 16.5. The average molecular weight is 264 g/mol. The number of hydrogen-bond donors (Lipinski definition) is 1. The molecule has 19 heavy (non-hydrogen) atoms. The van der Waals surface area contributed by atoms with E-state index in [0.717, 1.165) is 30.8 Å². The van der Waals surface area contributed by atoms with Crippen LogP contribution in [0.15, 0.2) is 24.3 Å². The van der Waals surface area contributed by atoms with Crippen molar-refractivity contribution in [1.82, 2.24) is 4.90 Å². The van der Waals surface area contributed by atoms with E-state index in [2.05, 4.69) is 38.7 Å². The molecule has 1 aromatic rings. The first kappa shape index (κ1) is 16.0. The molecule has 0 aliphatic heterocycles. The van der Waals surface area contributed by atoms with Crippen molar-refractivity contribution in [3.8, 4) is 5.75 Å². The lowest BCUT2D eigenvalue weighted by atomic mass is 9.83. The number of para-hydroxylation sites is 1. The Labute approximate surface area is 117 Å². The van der Waals surface area contributed by atoms with Crippen molar-refractivity contribution in [2.45, 2.75) is 45.7 Å². The van der Waals surface area contributed by atoms with Crippen LogP contribution in [0.3, 0.4) is 0 Å². The zero-order chi connectivity index (χ0) is 14.5. The van der Waals surface area contributed by atoms with Crippen LogP contribution in [0.1, 0.15) is 45.7 Å². The number of rotatable bonds is 7. The molecule has 0 aliphatic rings. The van der Waals surface area contributed by atoms with Crippen molar-refractivity contribution in [2.75, 3.05) is 20.2 Å². The molecular formula is C16H28N2O. The van der Waals surface area contributed by atoms with Crippen LogP contribution in [-0.4, -0.2) is 30.6 Å². The molecule has 3 nitrogen and oxygen atoms in total. The summed E-state index contributed by atoms with van der Waals surface area (Å²) < 4.78 is 5.45. The van der Waals surface area contributed by atoms with Gasteiger partial charge in [0.1, 0.15) is 5.75 Å². The largest absolute Gasteiger partial charge is 0.496 e. The van der Waals surface area contributed by atoms with Gasteiger partial charge in [-0.05, 0) is 32.5 Å². The molecule has 2 N–H and O–H groups in total. The summed E-state index contributed by atoms with van der Waals surface area (Å²) in [4.78, 5) is 2.43. The number of likely N-dealkylation sites (N-methyl/N-ethyl adjacent to an activating group) is 1. The van der Waals surface area contributed by atoms with Gasteiger partial charge in [0, 0.05) is 11.1 Å². The Hall–Kier alpha value is -1.06. The lowest BCUT2D eigenvalue weighted by molar-refractivity contribution is 0.0835. The van der Waals surface area contributed by atoms with Crippen LogP contribution in [0.25, 0.3) is 0 Å². The minimum atomic E-state index is -0.0615. The van der Waals surface area contributed by atoms with E-state index in [4.69, 9.17) is 10.5 Å². The fourth-order valence-corrected chi connectivity index (χ4v) is 2.84. The van der Waals surface area contributed by atoms with E-state index in [0.29, 0.717) is 0 Å². The quantitative estimate of drug-likeness (QED) is 0.822. The second-order valence-electron chi connectivity index (χ2n) is 5.10. The van der Waals surface area contributed by atoms with Gasteiger partial charge in [-0.25, -0.2) is 0 Å². The predicted octanol–water partition coefficient (Wildman–Crippen LogP) is 3.21. The Morgan fingerprint density at radius 2 is 1.79 bits per heavy atom. The summed E-state index contributed by atoms with van der Waals surface area (Å²) in [5.74, 6) is 0.877. The molecule has 0 saturated carbocycles. The number of ether oxygens (including phenoxy) is 1. The first-order valence-electron chi connectivity index (χ1n) is 7.18. The van der Waals surface area contributed by atoms with Crippen LogP contribution in [0.2, 0.25) is 0 Å². The normalized spacial score (nSPS) is 16.2. The van der Waals surface area contributed by atoms with Gasteiger partial charge in [-0.2, -0.15) is 0 Å². The molecule has 0 fully saturated rings. The second-order valence-corrected chi connectivity index (χ2v) is 5.10. The van der Waals surface area contributed by atoms with Crippen molar-refractivity contribution >= 4 is 0 Å². The first-order valence-corrected chi connectivity index (χ1v) is 7.18. The fraction of sp³-hybridized carbons (Fsp3) is 0.625. The Morgan fingerprint density at radius 1 is 1.21 bits per heavy atom. The maximum absolute atomic E-state index is 6.59. The summed E-state index contributed by atoms with van der Waals surface area (Å²) in [5.41, 5.74) is 7.62. The van der Waals surface area contributed by atoms with E-state index >= 15 is 0 Å². The molecule has 0 aromatic heterocycles. The van der Waals surface area contributed by atoms with Gasteiger partial charge in [0.15, 0.2) is 0 Å². The molecule has 0 radical (unpaired) electrons. The van der Waals surface area contributed by atoms with E-state index in [1.54, 1.807) is 7.11 Å². The molecule has 0 saturated heterocycles. The van der Waals surface area contributed by atoms with Gasteiger partial charge in [-0.15, -0.1) is 0 Å². The van der Waals surface area contributed by atoms with Gasteiger partial charge in [0.2, 0.25) is 0 Å². The third-order valence-corrected chi connectivity index (χ3v) is 4.35. The lowest BCUT2D eigenvalue weighted by Crippen LogP contribution is -2.53. The smallest absolute Gasteiger partial charge is 0.123 e. The number of methoxy groups -OCH3 is 1. The maximum Gasteiger partial charge on any atom is 0.123 e. The fourth-order valence-electron chi connectivity index (χ4n) is 2.84. The third kappa shape index (κ3) is 3.10. The van der Waals surface area contributed by atoms with Crippen molar-refractivity contribution < 1.29 is 4.74 Å². The van der Waals surface area contributed by atoms with Crippen LogP contribution in [0.5, 0.6) is 5.75 Å². The predicted molar refractivity (Wildman–Crippen MR) is 81.5 cm³/mol. The summed E-state index contributed by atoms with van der Waals surface area (Å²) >= 11 is 0. The molecule has 1 aromatic carbocycles. The van der Waals surface area contributed by atoms with E-state index in [1.807, 2.05) is 18.2 Å². The Bertz CT molecular complexity index is 390. The van der Waals surface area contributed by atoms with Crippen molar-refractivity contribution in [2.24, 2.45) is 5.73 Å². The second kappa shape index (κ2) is 6.92. The Morgan fingerprint density at radius 3 is 2.26 bits per heavy atom. The summed E-state index contributed by atoms with van der Waals surface area (Å²) in [6.45, 7) is 10.8. The molecule has 2 atom stereocenters. The van der Waals surface area contributed by atoms with Gasteiger partial charge in [-0.1, -0.05) is 39.0 Å². The molecule has 1 rings (SSSR count). The van der Waals surface area contributed by atoms with E-state index < -0.39 is 0 Å². The molecule has 0 amide bonds. The molecule has 3 heteroatoms. The van der Waals surface area contributed by atoms with Crippen LogP contribution in [0, 0.1) is 0 Å². The van der Waals surface area contributed by atoms with Crippen LogP contribution in [-0.2, 0) is 0 Å². The maximum atomic E-state index is 6.59. The summed E-state index contributed by atoms with van der Waals surface area (Å²) in [6, 6.07) is 7.99. The highest BCUT2D eigenvalue weighted by molar-refractivity contribution is 5.37. The number of benzene rings is 1. The SMILES string of the molecule is CCN(CC)C(C)(CC)C(N)c1ccccc1OC. The van der Waals surface area contributed by atoms with Gasteiger partial charge in [-0.3, -0.25) is 4.90 Å². The monoisotopic (exact) mass is 264 g/mol. The minimum absolute atomic E-state index is 0.0574. The topological polar surface area (TPSA) is 38.5 Å². The summed E-state index contributed by atoms with van der Waals surface area (Å²) in [6.07, 6.45) is 1.01. The number of nitrogens with zero attached hydrogens (tertiary/aromatic N) is 1. The third-order valence-electron chi connectivity index (χ3n) is 4.35. The van der Waals surface area contributed by atoms with Gasteiger partial charge in [0.25, 0.3) is 0 Å². The van der Waals surface area contributed by atoms with Gasteiger partial charge < -0.3 is 10.5 Å².